The van der Waals surface area contributed by atoms with Crippen molar-refractivity contribution in [3.8, 4) is 0 Å². The topological polar surface area (TPSA) is 74.7 Å². The fourth-order valence-electron chi connectivity index (χ4n) is 1.43. The Labute approximate surface area is 109 Å². The molecule has 1 aromatic rings. The van der Waals surface area contributed by atoms with E-state index in [1.165, 1.54) is 0 Å². The fraction of sp³-hybridized carbons (Fsp3) is 0.455. The van der Waals surface area contributed by atoms with Gasteiger partial charge in [0.25, 0.3) is 0 Å². The SMILES string of the molecule is CCN(CC/C(N)=N/O)c1cc(C)c(Br)cn1. The van der Waals surface area contributed by atoms with Gasteiger partial charge in [-0.25, -0.2) is 4.98 Å². The zero-order chi connectivity index (χ0) is 12.8. The van der Waals surface area contributed by atoms with Crippen LogP contribution in [-0.4, -0.2) is 29.1 Å². The van der Waals surface area contributed by atoms with E-state index >= 15 is 0 Å². The quantitative estimate of drug-likeness (QED) is 0.378. The summed E-state index contributed by atoms with van der Waals surface area (Å²) in [5.41, 5.74) is 6.59. The van der Waals surface area contributed by atoms with E-state index in [0.717, 1.165) is 22.4 Å². The van der Waals surface area contributed by atoms with Gasteiger partial charge in [0.1, 0.15) is 11.7 Å². The first-order valence-electron chi connectivity index (χ1n) is 5.42. The number of aromatic nitrogens is 1. The maximum absolute atomic E-state index is 8.49. The number of rotatable bonds is 5. The van der Waals surface area contributed by atoms with Crippen molar-refractivity contribution in [1.29, 1.82) is 0 Å². The van der Waals surface area contributed by atoms with Gasteiger partial charge in [-0.3, -0.25) is 0 Å². The van der Waals surface area contributed by atoms with Gasteiger partial charge in [-0.2, -0.15) is 0 Å². The van der Waals surface area contributed by atoms with Gasteiger partial charge in [0, 0.05) is 30.2 Å². The highest BCUT2D eigenvalue weighted by atomic mass is 79.9. The number of hydrogen-bond donors (Lipinski definition) is 2. The summed E-state index contributed by atoms with van der Waals surface area (Å²) in [7, 11) is 0. The lowest BCUT2D eigenvalue weighted by Gasteiger charge is -2.22. The van der Waals surface area contributed by atoms with Crippen LogP contribution in [0.5, 0.6) is 0 Å². The van der Waals surface area contributed by atoms with Crippen LogP contribution in [0.2, 0.25) is 0 Å². The number of nitrogens with zero attached hydrogens (tertiary/aromatic N) is 3. The van der Waals surface area contributed by atoms with E-state index in [2.05, 4.69) is 31.0 Å². The van der Waals surface area contributed by atoms with E-state index in [4.69, 9.17) is 10.9 Å². The second-order valence-electron chi connectivity index (χ2n) is 3.71. The highest BCUT2D eigenvalue weighted by Crippen LogP contribution is 2.19. The molecule has 1 aromatic heterocycles. The molecule has 6 heteroatoms. The number of oxime groups is 1. The van der Waals surface area contributed by atoms with Crippen LogP contribution in [0.1, 0.15) is 18.9 Å². The van der Waals surface area contributed by atoms with Gasteiger partial charge in [0.05, 0.1) is 0 Å². The second-order valence-corrected chi connectivity index (χ2v) is 4.57. The summed E-state index contributed by atoms with van der Waals surface area (Å²) < 4.78 is 0.994. The molecule has 0 amide bonds. The van der Waals surface area contributed by atoms with Crippen molar-refractivity contribution in [2.75, 3.05) is 18.0 Å². The van der Waals surface area contributed by atoms with E-state index in [0.29, 0.717) is 13.0 Å². The molecule has 0 atom stereocenters. The Balaban J connectivity index is 2.76. The molecule has 94 valence electrons. The molecule has 0 bridgehead atoms. The monoisotopic (exact) mass is 300 g/mol. The third kappa shape index (κ3) is 3.89. The zero-order valence-corrected chi connectivity index (χ0v) is 11.6. The maximum atomic E-state index is 8.49. The predicted molar refractivity (Wildman–Crippen MR) is 72.6 cm³/mol. The Morgan fingerprint density at radius 1 is 1.65 bits per heavy atom. The summed E-state index contributed by atoms with van der Waals surface area (Å²) in [6.07, 6.45) is 2.30. The number of pyridine rings is 1. The van der Waals surface area contributed by atoms with E-state index in [1.54, 1.807) is 6.20 Å². The third-order valence-corrected chi connectivity index (χ3v) is 3.33. The van der Waals surface area contributed by atoms with Crippen molar-refractivity contribution in [3.05, 3.63) is 22.3 Å². The molecule has 0 radical (unpaired) electrons. The van der Waals surface area contributed by atoms with Gasteiger partial charge in [0.15, 0.2) is 0 Å². The summed E-state index contributed by atoms with van der Waals surface area (Å²) >= 11 is 3.42. The molecule has 0 fully saturated rings. The number of hydrogen-bond acceptors (Lipinski definition) is 4. The minimum absolute atomic E-state index is 0.234. The van der Waals surface area contributed by atoms with Crippen molar-refractivity contribution < 1.29 is 5.21 Å². The molecule has 0 spiro atoms. The van der Waals surface area contributed by atoms with Gasteiger partial charge >= 0.3 is 0 Å². The number of halogens is 1. The first kappa shape index (κ1) is 13.8. The van der Waals surface area contributed by atoms with Crippen LogP contribution in [0.4, 0.5) is 5.82 Å². The first-order chi connectivity index (χ1) is 8.08. The van der Waals surface area contributed by atoms with Gasteiger partial charge in [0.2, 0.25) is 0 Å². The number of amidine groups is 1. The summed E-state index contributed by atoms with van der Waals surface area (Å²) in [6.45, 7) is 5.57. The highest BCUT2D eigenvalue weighted by molar-refractivity contribution is 9.10. The molecular formula is C11H17BrN4O. The predicted octanol–water partition coefficient (Wildman–Crippen LogP) is 2.12. The largest absolute Gasteiger partial charge is 0.409 e. The number of aryl methyl sites for hydroxylation is 1. The molecule has 0 unspecified atom stereocenters. The zero-order valence-electron chi connectivity index (χ0n) is 10.0. The average molecular weight is 301 g/mol. The molecular weight excluding hydrogens is 284 g/mol. The summed E-state index contributed by atoms with van der Waals surface area (Å²) in [5.74, 6) is 1.14. The first-order valence-corrected chi connectivity index (χ1v) is 6.21. The molecule has 1 heterocycles. The van der Waals surface area contributed by atoms with Gasteiger partial charge in [-0.15, -0.1) is 0 Å². The standard InChI is InChI=1S/C11H17BrN4O/c1-3-16(5-4-10(13)15-17)11-6-8(2)9(12)7-14-11/h6-7,17H,3-5H2,1-2H3,(H2,13,15). The molecule has 0 saturated carbocycles. The van der Waals surface area contributed by atoms with E-state index in [-0.39, 0.29) is 5.84 Å². The molecule has 17 heavy (non-hydrogen) atoms. The number of nitrogens with two attached hydrogens (primary N) is 1. The Bertz CT molecular complexity index is 408. The summed E-state index contributed by atoms with van der Waals surface area (Å²) in [5, 5.41) is 11.5. The third-order valence-electron chi connectivity index (χ3n) is 2.50. The van der Waals surface area contributed by atoms with Gasteiger partial charge < -0.3 is 15.8 Å². The van der Waals surface area contributed by atoms with E-state index in [9.17, 15) is 0 Å². The van der Waals surface area contributed by atoms with E-state index in [1.807, 2.05) is 19.9 Å². The Kier molecular flexibility index (Phi) is 5.21. The van der Waals surface area contributed by atoms with Crippen LogP contribution in [-0.2, 0) is 0 Å². The maximum Gasteiger partial charge on any atom is 0.140 e. The van der Waals surface area contributed by atoms with Crippen LogP contribution < -0.4 is 10.6 Å². The lowest BCUT2D eigenvalue weighted by molar-refractivity contribution is 0.317. The molecule has 3 N–H and O–H groups in total. The Morgan fingerprint density at radius 2 is 2.35 bits per heavy atom. The second kappa shape index (κ2) is 6.44. The van der Waals surface area contributed by atoms with Crippen LogP contribution in [0.25, 0.3) is 0 Å². The van der Waals surface area contributed by atoms with Crippen LogP contribution in [0.15, 0.2) is 21.9 Å². The highest BCUT2D eigenvalue weighted by Gasteiger charge is 2.08. The molecule has 0 aliphatic carbocycles. The van der Waals surface area contributed by atoms with E-state index < -0.39 is 0 Å². The Morgan fingerprint density at radius 3 is 2.88 bits per heavy atom. The number of anilines is 1. The molecule has 0 aliphatic heterocycles. The molecule has 0 aliphatic rings. The minimum atomic E-state index is 0.234. The van der Waals surface area contributed by atoms with Crippen molar-refractivity contribution >= 4 is 27.6 Å². The van der Waals surface area contributed by atoms with Gasteiger partial charge in [-0.1, -0.05) is 5.16 Å². The van der Waals surface area contributed by atoms with Crippen molar-refractivity contribution in [2.45, 2.75) is 20.3 Å². The van der Waals surface area contributed by atoms with Crippen LogP contribution >= 0.6 is 15.9 Å². The summed E-state index contributed by atoms with van der Waals surface area (Å²) in [4.78, 5) is 6.43. The fourth-order valence-corrected chi connectivity index (χ4v) is 1.65. The van der Waals surface area contributed by atoms with Gasteiger partial charge in [-0.05, 0) is 41.4 Å². The van der Waals surface area contributed by atoms with Crippen LogP contribution in [0.3, 0.4) is 0 Å². The minimum Gasteiger partial charge on any atom is -0.409 e. The summed E-state index contributed by atoms with van der Waals surface area (Å²) in [6, 6.07) is 2.01. The lowest BCUT2D eigenvalue weighted by atomic mass is 10.2. The van der Waals surface area contributed by atoms with Crippen molar-refractivity contribution in [2.24, 2.45) is 10.9 Å². The normalized spacial score (nSPS) is 11.6. The van der Waals surface area contributed by atoms with Crippen molar-refractivity contribution in [1.82, 2.24) is 4.98 Å². The molecule has 1 rings (SSSR count). The van der Waals surface area contributed by atoms with Crippen LogP contribution in [0, 0.1) is 6.92 Å². The average Bonchev–Trinajstić information content (AvgIpc) is 2.33. The lowest BCUT2D eigenvalue weighted by Crippen LogP contribution is -2.28. The Hall–Kier alpha value is -1.30. The molecule has 0 saturated heterocycles. The molecule has 5 nitrogen and oxygen atoms in total. The smallest absolute Gasteiger partial charge is 0.140 e. The molecule has 0 aromatic carbocycles. The van der Waals surface area contributed by atoms with Crippen molar-refractivity contribution in [3.63, 3.8) is 0 Å².